The van der Waals surface area contributed by atoms with Crippen LogP contribution >= 0.6 is 0 Å². The van der Waals surface area contributed by atoms with Crippen LogP contribution < -0.4 is 0 Å². The zero-order chi connectivity index (χ0) is 22.8. The summed E-state index contributed by atoms with van der Waals surface area (Å²) in [5, 5.41) is 22.0. The molecule has 1 saturated heterocycles. The van der Waals surface area contributed by atoms with Crippen LogP contribution in [0.5, 0.6) is 5.75 Å². The van der Waals surface area contributed by atoms with Crippen LogP contribution in [0.15, 0.2) is 60.3 Å². The number of aliphatic hydroxyl groups is 1. The molecule has 1 aliphatic heterocycles. The molecular formula is C25H26N2O5. The molecule has 0 bridgehead atoms. The van der Waals surface area contributed by atoms with E-state index in [1.807, 2.05) is 38.1 Å². The Kier molecular flexibility index (Phi) is 6.01. The first-order valence-corrected chi connectivity index (χ1v) is 10.6. The number of phenolic OH excluding ortho intramolecular Hbond substituents is 1. The molecule has 0 spiro atoms. The van der Waals surface area contributed by atoms with Crippen molar-refractivity contribution in [1.29, 1.82) is 0 Å². The average Bonchev–Trinajstić information content (AvgIpc) is 3.30. The third-order valence-electron chi connectivity index (χ3n) is 5.56. The van der Waals surface area contributed by atoms with Crippen molar-refractivity contribution in [1.82, 2.24) is 9.88 Å². The first kappa shape index (κ1) is 21.6. The number of ketones is 1. The summed E-state index contributed by atoms with van der Waals surface area (Å²) in [7, 11) is 0. The molecule has 32 heavy (non-hydrogen) atoms. The molecule has 1 aromatic heterocycles. The molecule has 2 aromatic carbocycles. The van der Waals surface area contributed by atoms with E-state index in [4.69, 9.17) is 4.74 Å². The number of ether oxygens (including phenoxy) is 1. The lowest BCUT2D eigenvalue weighted by molar-refractivity contribution is -0.140. The Bertz CT molecular complexity index is 1190. The van der Waals surface area contributed by atoms with E-state index in [1.54, 1.807) is 18.3 Å². The highest BCUT2D eigenvalue weighted by Gasteiger charge is 2.46. The number of fused-ring (bicyclic) bond motifs is 1. The number of H-pyrrole nitrogens is 1. The van der Waals surface area contributed by atoms with Crippen molar-refractivity contribution in [3.05, 3.63) is 71.4 Å². The lowest BCUT2D eigenvalue weighted by Gasteiger charge is -2.25. The van der Waals surface area contributed by atoms with Crippen molar-refractivity contribution in [3.63, 3.8) is 0 Å². The maximum Gasteiger partial charge on any atom is 0.295 e. The Hall–Kier alpha value is -3.58. The topological polar surface area (TPSA) is 103 Å². The monoisotopic (exact) mass is 434 g/mol. The summed E-state index contributed by atoms with van der Waals surface area (Å²) in [6.07, 6.45) is 2.23. The molecule has 1 amide bonds. The number of para-hydroxylation sites is 1. The normalized spacial score (nSPS) is 18.2. The van der Waals surface area contributed by atoms with Crippen LogP contribution in [0, 0.1) is 0 Å². The Morgan fingerprint density at radius 1 is 1.16 bits per heavy atom. The molecule has 1 aliphatic rings. The predicted octanol–water partition coefficient (Wildman–Crippen LogP) is 4.11. The fraction of sp³-hybridized carbons (Fsp3) is 0.280. The maximum atomic E-state index is 13.1. The number of likely N-dealkylation sites (tertiary alicyclic amines) is 1. The van der Waals surface area contributed by atoms with Gasteiger partial charge < -0.3 is 24.8 Å². The zero-order valence-corrected chi connectivity index (χ0v) is 18.0. The Balaban J connectivity index is 1.79. The summed E-state index contributed by atoms with van der Waals surface area (Å²) in [4.78, 5) is 30.6. The van der Waals surface area contributed by atoms with Gasteiger partial charge >= 0.3 is 0 Å². The van der Waals surface area contributed by atoms with E-state index in [9.17, 15) is 19.8 Å². The van der Waals surface area contributed by atoms with E-state index < -0.39 is 17.7 Å². The number of phenols is 1. The molecule has 7 heteroatoms. The van der Waals surface area contributed by atoms with Crippen molar-refractivity contribution in [2.45, 2.75) is 32.4 Å². The summed E-state index contributed by atoms with van der Waals surface area (Å²) in [5.41, 5.74) is 1.82. The van der Waals surface area contributed by atoms with Gasteiger partial charge in [0.1, 0.15) is 11.5 Å². The number of carbonyl (C=O) groups excluding carboxylic acids is 2. The number of rotatable bonds is 7. The number of amides is 1. The number of hydrogen-bond donors (Lipinski definition) is 3. The highest BCUT2D eigenvalue weighted by molar-refractivity contribution is 6.46. The zero-order valence-electron chi connectivity index (χ0n) is 18.0. The average molecular weight is 434 g/mol. The molecule has 1 fully saturated rings. The minimum absolute atomic E-state index is 0.00938. The molecule has 1 unspecified atom stereocenters. The van der Waals surface area contributed by atoms with Gasteiger partial charge in [0.25, 0.3) is 11.7 Å². The molecule has 2 heterocycles. The standard InChI is InChI=1S/C25H26N2O5/c1-15(2)32-12-6-11-27-22(16-7-5-8-17(28)13-16)21(24(30)25(27)31)23(29)19-14-26-20-10-4-3-9-18(19)20/h3-5,7-10,13-15,22,26,28-29H,6,11-12H2,1-2H3/b23-21-. The molecule has 4 rings (SSSR count). The number of nitrogens with zero attached hydrogens (tertiary/aromatic N) is 1. The van der Waals surface area contributed by atoms with Gasteiger partial charge in [-0.2, -0.15) is 0 Å². The lowest BCUT2D eigenvalue weighted by Crippen LogP contribution is -2.31. The van der Waals surface area contributed by atoms with E-state index in [1.165, 1.54) is 17.0 Å². The molecule has 0 radical (unpaired) electrons. The molecule has 3 aromatic rings. The van der Waals surface area contributed by atoms with Crippen LogP contribution in [0.4, 0.5) is 0 Å². The summed E-state index contributed by atoms with van der Waals surface area (Å²) in [6.45, 7) is 4.58. The fourth-order valence-corrected chi connectivity index (χ4v) is 4.12. The quantitative estimate of drug-likeness (QED) is 0.225. The molecule has 1 atom stereocenters. The largest absolute Gasteiger partial charge is 0.508 e. The van der Waals surface area contributed by atoms with E-state index in [-0.39, 0.29) is 29.7 Å². The summed E-state index contributed by atoms with van der Waals surface area (Å²) < 4.78 is 5.58. The number of benzene rings is 2. The van der Waals surface area contributed by atoms with Crippen molar-refractivity contribution < 1.29 is 24.5 Å². The van der Waals surface area contributed by atoms with Gasteiger partial charge in [-0.1, -0.05) is 30.3 Å². The predicted molar refractivity (Wildman–Crippen MR) is 121 cm³/mol. The van der Waals surface area contributed by atoms with Gasteiger partial charge in [0.15, 0.2) is 0 Å². The third kappa shape index (κ3) is 3.99. The maximum absolute atomic E-state index is 13.1. The van der Waals surface area contributed by atoms with Crippen LogP contribution in [-0.4, -0.2) is 51.0 Å². The van der Waals surface area contributed by atoms with Crippen LogP contribution in [-0.2, 0) is 14.3 Å². The van der Waals surface area contributed by atoms with Crippen molar-refractivity contribution in [3.8, 4) is 5.75 Å². The number of carbonyl (C=O) groups is 2. The Morgan fingerprint density at radius 3 is 2.69 bits per heavy atom. The van der Waals surface area contributed by atoms with Crippen LogP contribution in [0.3, 0.4) is 0 Å². The highest BCUT2D eigenvalue weighted by atomic mass is 16.5. The first-order chi connectivity index (χ1) is 15.4. The molecule has 7 nitrogen and oxygen atoms in total. The number of aliphatic hydroxyl groups excluding tert-OH is 1. The first-order valence-electron chi connectivity index (χ1n) is 10.6. The second-order valence-electron chi connectivity index (χ2n) is 8.11. The highest BCUT2D eigenvalue weighted by Crippen LogP contribution is 2.41. The molecular weight excluding hydrogens is 408 g/mol. The number of nitrogens with one attached hydrogen (secondary N) is 1. The second-order valence-corrected chi connectivity index (χ2v) is 8.11. The Morgan fingerprint density at radius 2 is 1.94 bits per heavy atom. The summed E-state index contributed by atoms with van der Waals surface area (Å²) in [6, 6.07) is 13.0. The second kappa shape index (κ2) is 8.88. The van der Waals surface area contributed by atoms with Crippen molar-refractivity contribution in [2.24, 2.45) is 0 Å². The van der Waals surface area contributed by atoms with Crippen molar-refractivity contribution >= 4 is 28.4 Å². The van der Waals surface area contributed by atoms with Crippen LogP contribution in [0.1, 0.15) is 37.4 Å². The fourth-order valence-electron chi connectivity index (χ4n) is 4.12. The van der Waals surface area contributed by atoms with E-state index in [0.29, 0.717) is 24.2 Å². The van der Waals surface area contributed by atoms with Gasteiger partial charge in [-0.05, 0) is 44.0 Å². The number of aromatic hydroxyl groups is 1. The number of hydrogen-bond acceptors (Lipinski definition) is 5. The number of aromatic amines is 1. The summed E-state index contributed by atoms with van der Waals surface area (Å²) in [5.74, 6) is -1.64. The third-order valence-corrected chi connectivity index (χ3v) is 5.56. The SMILES string of the molecule is CC(C)OCCCN1C(=O)C(=O)/C(=C(\O)c2c[nH]c3ccccc23)C1c1cccc(O)c1. The minimum atomic E-state index is -0.810. The molecule has 0 aliphatic carbocycles. The van der Waals surface area contributed by atoms with Gasteiger partial charge in [0.2, 0.25) is 0 Å². The molecule has 166 valence electrons. The van der Waals surface area contributed by atoms with Gasteiger partial charge in [-0.15, -0.1) is 0 Å². The van der Waals surface area contributed by atoms with Gasteiger partial charge in [0.05, 0.1) is 17.7 Å². The van der Waals surface area contributed by atoms with Gasteiger partial charge in [-0.25, -0.2) is 0 Å². The lowest BCUT2D eigenvalue weighted by atomic mass is 9.95. The van der Waals surface area contributed by atoms with Crippen LogP contribution in [0.2, 0.25) is 0 Å². The summed E-state index contributed by atoms with van der Waals surface area (Å²) >= 11 is 0. The number of Topliss-reactive ketones (excluding diaryl/α,β-unsaturated/α-hetero) is 1. The van der Waals surface area contributed by atoms with Crippen LogP contribution in [0.25, 0.3) is 16.7 Å². The molecule has 3 N–H and O–H groups in total. The van der Waals surface area contributed by atoms with Crippen molar-refractivity contribution in [2.75, 3.05) is 13.2 Å². The van der Waals surface area contributed by atoms with E-state index >= 15 is 0 Å². The van der Waals surface area contributed by atoms with Gasteiger partial charge in [-0.3, -0.25) is 9.59 Å². The minimum Gasteiger partial charge on any atom is -0.508 e. The smallest absolute Gasteiger partial charge is 0.295 e. The number of aromatic nitrogens is 1. The van der Waals surface area contributed by atoms with E-state index in [0.717, 1.165) is 10.9 Å². The van der Waals surface area contributed by atoms with Gasteiger partial charge in [0, 0.05) is 35.8 Å². The Labute approximate surface area is 185 Å². The van der Waals surface area contributed by atoms with E-state index in [2.05, 4.69) is 4.98 Å². The molecule has 0 saturated carbocycles.